The van der Waals surface area contributed by atoms with Crippen molar-refractivity contribution < 1.29 is 4.39 Å². The Morgan fingerprint density at radius 3 is 2.53 bits per heavy atom. The molecule has 0 radical (unpaired) electrons. The van der Waals surface area contributed by atoms with Crippen LogP contribution in [0.5, 0.6) is 0 Å². The molecule has 0 bridgehead atoms. The minimum absolute atomic E-state index is 0.0739. The van der Waals surface area contributed by atoms with E-state index in [1.54, 1.807) is 13.1 Å². The van der Waals surface area contributed by atoms with Gasteiger partial charge in [0.15, 0.2) is 0 Å². The van der Waals surface area contributed by atoms with Crippen LogP contribution in [0.2, 0.25) is 0 Å². The summed E-state index contributed by atoms with van der Waals surface area (Å²) in [5.41, 5.74) is 6.31. The van der Waals surface area contributed by atoms with E-state index in [2.05, 4.69) is 16.7 Å². The zero-order valence-electron chi connectivity index (χ0n) is 17.8. The first kappa shape index (κ1) is 21.5. The number of nitrogens with two attached hydrogens (primary N) is 1. The van der Waals surface area contributed by atoms with Crippen LogP contribution < -0.4 is 16.2 Å². The third-order valence-corrected chi connectivity index (χ3v) is 4.99. The Morgan fingerprint density at radius 1 is 1.30 bits per heavy atom. The molecule has 156 valence electrons. The molecule has 1 aliphatic heterocycles. The van der Waals surface area contributed by atoms with Gasteiger partial charge in [-0.05, 0) is 39.7 Å². The van der Waals surface area contributed by atoms with Crippen LogP contribution in [0.1, 0.15) is 39.2 Å². The minimum Gasteiger partial charge on any atom is -0.342 e. The maximum Gasteiger partial charge on any atom is 0.271 e. The van der Waals surface area contributed by atoms with Crippen LogP contribution in [0.3, 0.4) is 0 Å². The lowest BCUT2D eigenvalue weighted by molar-refractivity contribution is 0.490. The number of rotatable bonds is 2. The standard InChI is InChI=1S/C23H26FN5O/c1-23(2,3)11-8-17-20(15-6-7-19(26-4)18(24)14-15)27-22(28(5)21(17)30)29-12-9-16(25)10-13-29/h6-7,14,16H,9-10,12-13,25H2,1-3,5H3. The normalized spacial score (nSPS) is 14.8. The molecule has 0 saturated carbocycles. The van der Waals surface area contributed by atoms with E-state index in [4.69, 9.17) is 17.3 Å². The summed E-state index contributed by atoms with van der Waals surface area (Å²) < 4.78 is 15.8. The van der Waals surface area contributed by atoms with Gasteiger partial charge in [-0.15, -0.1) is 0 Å². The molecule has 1 aromatic carbocycles. The maximum absolute atomic E-state index is 14.3. The maximum atomic E-state index is 14.3. The smallest absolute Gasteiger partial charge is 0.271 e. The number of benzene rings is 1. The molecule has 2 heterocycles. The first-order valence-corrected chi connectivity index (χ1v) is 9.93. The molecule has 2 N–H and O–H groups in total. The average Bonchev–Trinajstić information content (AvgIpc) is 2.69. The predicted molar refractivity (Wildman–Crippen MR) is 117 cm³/mol. The Hall–Kier alpha value is -3.16. The highest BCUT2D eigenvalue weighted by Crippen LogP contribution is 2.28. The number of hydrogen-bond donors (Lipinski definition) is 1. The average molecular weight is 407 g/mol. The predicted octanol–water partition coefficient (Wildman–Crippen LogP) is 3.46. The molecule has 0 amide bonds. The topological polar surface area (TPSA) is 68.5 Å². The van der Waals surface area contributed by atoms with Gasteiger partial charge in [0.2, 0.25) is 11.6 Å². The summed E-state index contributed by atoms with van der Waals surface area (Å²) in [4.78, 5) is 23.2. The van der Waals surface area contributed by atoms with Gasteiger partial charge in [0.05, 0.1) is 12.3 Å². The second-order valence-corrected chi connectivity index (χ2v) is 8.60. The van der Waals surface area contributed by atoms with Crippen LogP contribution in [-0.2, 0) is 7.05 Å². The van der Waals surface area contributed by atoms with Crippen LogP contribution in [0.25, 0.3) is 16.1 Å². The van der Waals surface area contributed by atoms with E-state index >= 15 is 0 Å². The van der Waals surface area contributed by atoms with Gasteiger partial charge < -0.3 is 10.6 Å². The van der Waals surface area contributed by atoms with Crippen molar-refractivity contribution in [2.45, 2.75) is 39.7 Å². The van der Waals surface area contributed by atoms with E-state index in [0.29, 0.717) is 30.3 Å². The van der Waals surface area contributed by atoms with Crippen molar-refractivity contribution in [1.82, 2.24) is 9.55 Å². The monoisotopic (exact) mass is 407 g/mol. The summed E-state index contributed by atoms with van der Waals surface area (Å²) in [6, 6.07) is 4.39. The zero-order chi connectivity index (χ0) is 22.1. The van der Waals surface area contributed by atoms with Gasteiger partial charge in [0.25, 0.3) is 5.56 Å². The lowest BCUT2D eigenvalue weighted by Crippen LogP contribution is -2.42. The Bertz CT molecular complexity index is 1120. The van der Waals surface area contributed by atoms with Crippen molar-refractivity contribution in [3.63, 3.8) is 0 Å². The highest BCUT2D eigenvalue weighted by Gasteiger charge is 2.23. The molecule has 0 unspecified atom stereocenters. The molecule has 3 rings (SSSR count). The molecule has 1 aliphatic rings. The van der Waals surface area contributed by atoms with E-state index in [1.165, 1.54) is 16.7 Å². The summed E-state index contributed by atoms with van der Waals surface area (Å²) in [5.74, 6) is 5.93. The van der Waals surface area contributed by atoms with Gasteiger partial charge in [0.1, 0.15) is 11.4 Å². The molecule has 6 nitrogen and oxygen atoms in total. The first-order chi connectivity index (χ1) is 14.1. The number of nitrogens with zero attached hydrogens (tertiary/aromatic N) is 4. The summed E-state index contributed by atoms with van der Waals surface area (Å²) >= 11 is 0. The fourth-order valence-corrected chi connectivity index (χ4v) is 3.29. The zero-order valence-corrected chi connectivity index (χ0v) is 17.8. The SMILES string of the molecule is [C-]#[N+]c1ccc(-c2nc(N3CCC(N)CC3)n(C)c(=O)c2C#CC(C)(C)C)cc1F. The van der Waals surface area contributed by atoms with Crippen LogP contribution in [0.4, 0.5) is 16.0 Å². The quantitative estimate of drug-likeness (QED) is 0.612. The molecule has 0 spiro atoms. The molecule has 1 aromatic heterocycles. The number of anilines is 1. The second kappa shape index (κ2) is 8.30. The highest BCUT2D eigenvalue weighted by molar-refractivity contribution is 5.70. The molecule has 1 saturated heterocycles. The molecule has 30 heavy (non-hydrogen) atoms. The van der Waals surface area contributed by atoms with E-state index < -0.39 is 5.82 Å². The number of halogens is 1. The van der Waals surface area contributed by atoms with E-state index in [1.807, 2.05) is 25.7 Å². The molecule has 0 aliphatic carbocycles. The molecule has 0 atom stereocenters. The molecular formula is C23H26FN5O. The van der Waals surface area contributed by atoms with Crippen LogP contribution in [0.15, 0.2) is 23.0 Å². The summed E-state index contributed by atoms with van der Waals surface area (Å²) in [6.45, 7) is 14.3. The number of piperidine rings is 1. The number of aromatic nitrogens is 2. The van der Waals surface area contributed by atoms with Gasteiger partial charge in [-0.1, -0.05) is 24.0 Å². The van der Waals surface area contributed by atoms with Crippen molar-refractivity contribution in [2.75, 3.05) is 18.0 Å². The van der Waals surface area contributed by atoms with Crippen LogP contribution >= 0.6 is 0 Å². The number of hydrogen-bond acceptors (Lipinski definition) is 4. The van der Waals surface area contributed by atoms with Crippen LogP contribution in [-0.4, -0.2) is 28.7 Å². The highest BCUT2D eigenvalue weighted by atomic mass is 19.1. The third kappa shape index (κ3) is 4.53. The summed E-state index contributed by atoms with van der Waals surface area (Å²) in [5, 5.41) is 0. The van der Waals surface area contributed by atoms with E-state index in [0.717, 1.165) is 12.8 Å². The molecule has 1 fully saturated rings. The summed E-state index contributed by atoms with van der Waals surface area (Å²) in [6.07, 6.45) is 1.62. The molecular weight excluding hydrogens is 381 g/mol. The van der Waals surface area contributed by atoms with E-state index in [-0.39, 0.29) is 28.3 Å². The first-order valence-electron chi connectivity index (χ1n) is 9.93. The minimum atomic E-state index is -0.648. The Balaban J connectivity index is 2.23. The van der Waals surface area contributed by atoms with Crippen molar-refractivity contribution in [2.24, 2.45) is 18.2 Å². The van der Waals surface area contributed by atoms with Crippen molar-refractivity contribution in [3.05, 3.63) is 51.4 Å². The van der Waals surface area contributed by atoms with Crippen molar-refractivity contribution in [1.29, 1.82) is 0 Å². The van der Waals surface area contributed by atoms with Gasteiger partial charge in [-0.3, -0.25) is 9.36 Å². The fourth-order valence-electron chi connectivity index (χ4n) is 3.29. The molecule has 7 heteroatoms. The third-order valence-electron chi connectivity index (χ3n) is 4.99. The Morgan fingerprint density at radius 2 is 1.97 bits per heavy atom. The van der Waals surface area contributed by atoms with Gasteiger partial charge in [-0.2, -0.15) is 0 Å². The lowest BCUT2D eigenvalue weighted by Gasteiger charge is -2.32. The van der Waals surface area contributed by atoms with Crippen molar-refractivity contribution >= 4 is 11.6 Å². The Labute approximate surface area is 176 Å². The van der Waals surface area contributed by atoms with Gasteiger partial charge in [-0.25, -0.2) is 14.2 Å². The van der Waals surface area contributed by atoms with Crippen LogP contribution in [0, 0.1) is 29.6 Å². The second-order valence-electron chi connectivity index (χ2n) is 8.60. The fraction of sp³-hybridized carbons (Fsp3) is 0.435. The van der Waals surface area contributed by atoms with Gasteiger partial charge >= 0.3 is 0 Å². The van der Waals surface area contributed by atoms with E-state index in [9.17, 15) is 9.18 Å². The lowest BCUT2D eigenvalue weighted by atomic mass is 9.97. The van der Waals surface area contributed by atoms with Gasteiger partial charge in [0, 0.05) is 37.2 Å². The summed E-state index contributed by atoms with van der Waals surface area (Å²) in [7, 11) is 1.67. The Kier molecular flexibility index (Phi) is 5.96. The largest absolute Gasteiger partial charge is 0.342 e. The molecule has 2 aromatic rings. The van der Waals surface area contributed by atoms with Crippen molar-refractivity contribution in [3.8, 4) is 23.1 Å².